The Morgan fingerprint density at radius 2 is 2.10 bits per heavy atom. The molecular weight excluding hydrogens is 272 g/mol. The Kier molecular flexibility index (Phi) is 5.90. The second kappa shape index (κ2) is 7.21. The minimum atomic E-state index is -0.947. The molecule has 1 unspecified atom stereocenters. The van der Waals surface area contributed by atoms with Crippen molar-refractivity contribution in [3.63, 3.8) is 0 Å². The largest absolute Gasteiger partial charge is 0.388 e. The molecule has 0 amide bonds. The topological polar surface area (TPSA) is 100 Å². The third-order valence-electron chi connectivity index (χ3n) is 2.91. The molecule has 3 N–H and O–H groups in total. The first kappa shape index (κ1) is 17.2. The Morgan fingerprint density at radius 1 is 1.43 bits per heavy atom. The maximum atomic E-state index is 11.0. The van der Waals surface area contributed by atoms with Crippen molar-refractivity contribution in [2.24, 2.45) is 5.92 Å². The van der Waals surface area contributed by atoms with Crippen LogP contribution in [0.25, 0.3) is 0 Å². The zero-order chi connectivity index (χ0) is 16.0. The summed E-state index contributed by atoms with van der Waals surface area (Å²) in [6.07, 6.45) is 0.598. The Labute approximate surface area is 124 Å². The van der Waals surface area contributed by atoms with Crippen LogP contribution in [0.15, 0.2) is 12.1 Å². The lowest BCUT2D eigenvalue weighted by molar-refractivity contribution is -0.384. The molecule has 0 aliphatic rings. The molecule has 7 nitrogen and oxygen atoms in total. The van der Waals surface area contributed by atoms with Crippen LogP contribution in [0.3, 0.4) is 0 Å². The molecule has 0 saturated heterocycles. The average molecular weight is 296 g/mol. The molecule has 0 aliphatic heterocycles. The Balaban J connectivity index is 2.89. The summed E-state index contributed by atoms with van der Waals surface area (Å²) < 4.78 is 0. The zero-order valence-electron chi connectivity index (χ0n) is 13.0. The molecule has 0 radical (unpaired) electrons. The van der Waals surface area contributed by atoms with Crippen LogP contribution in [0, 0.1) is 16.0 Å². The van der Waals surface area contributed by atoms with E-state index in [-0.39, 0.29) is 18.1 Å². The molecule has 7 heteroatoms. The summed E-state index contributed by atoms with van der Waals surface area (Å²) in [6.45, 7) is 8.54. The van der Waals surface area contributed by atoms with Gasteiger partial charge in [0.2, 0.25) is 5.82 Å². The first-order valence-electron chi connectivity index (χ1n) is 7.10. The van der Waals surface area contributed by atoms with E-state index in [2.05, 4.69) is 15.6 Å². The van der Waals surface area contributed by atoms with Crippen molar-refractivity contribution in [2.45, 2.75) is 39.7 Å². The van der Waals surface area contributed by atoms with E-state index in [1.807, 2.05) is 20.8 Å². The van der Waals surface area contributed by atoms with Gasteiger partial charge in [-0.15, -0.1) is 0 Å². The molecule has 1 rings (SSSR count). The molecule has 1 aromatic heterocycles. The second-order valence-electron chi connectivity index (χ2n) is 5.80. The number of hydrogen-bond acceptors (Lipinski definition) is 6. The van der Waals surface area contributed by atoms with E-state index >= 15 is 0 Å². The number of nitrogens with zero attached hydrogens (tertiary/aromatic N) is 2. The molecule has 1 heterocycles. The molecule has 21 heavy (non-hydrogen) atoms. The summed E-state index contributed by atoms with van der Waals surface area (Å²) in [7, 11) is 0. The van der Waals surface area contributed by atoms with Crippen LogP contribution in [-0.2, 0) is 0 Å². The van der Waals surface area contributed by atoms with Gasteiger partial charge in [0.25, 0.3) is 0 Å². The van der Waals surface area contributed by atoms with Crippen LogP contribution in [-0.4, -0.2) is 33.7 Å². The lowest BCUT2D eigenvalue weighted by Gasteiger charge is -2.25. The molecule has 0 aliphatic carbocycles. The number of hydrogen-bond donors (Lipinski definition) is 3. The maximum Gasteiger partial charge on any atom is 0.311 e. The van der Waals surface area contributed by atoms with E-state index in [4.69, 9.17) is 0 Å². The third kappa shape index (κ3) is 5.55. The fourth-order valence-electron chi connectivity index (χ4n) is 2.23. The summed E-state index contributed by atoms with van der Waals surface area (Å²) in [5.74, 6) is 1.06. The number of anilines is 2. The summed E-state index contributed by atoms with van der Waals surface area (Å²) in [6, 6.07) is 2.98. The fourth-order valence-corrected chi connectivity index (χ4v) is 2.23. The van der Waals surface area contributed by atoms with Crippen molar-refractivity contribution in [3.05, 3.63) is 22.2 Å². The summed E-state index contributed by atoms with van der Waals surface area (Å²) in [5, 5.41) is 27.2. The molecule has 0 bridgehead atoms. The first-order chi connectivity index (χ1) is 9.75. The SMILES string of the molecule is CCNc1ccc([N+](=O)[O-])c(NCC(C)(O)CC(C)C)n1. The summed E-state index contributed by atoms with van der Waals surface area (Å²) in [5.41, 5.74) is -1.05. The standard InChI is InChI=1S/C14H24N4O3/c1-5-15-12-7-6-11(18(20)21)13(17-12)16-9-14(4,19)8-10(2)3/h6-7,10,19H,5,8-9H2,1-4H3,(H2,15,16,17). The van der Waals surface area contributed by atoms with Gasteiger partial charge in [0.15, 0.2) is 0 Å². The van der Waals surface area contributed by atoms with Crippen LogP contribution in [0.5, 0.6) is 0 Å². The van der Waals surface area contributed by atoms with Crippen molar-refractivity contribution in [1.29, 1.82) is 0 Å². The van der Waals surface area contributed by atoms with Gasteiger partial charge >= 0.3 is 5.69 Å². The van der Waals surface area contributed by atoms with Crippen molar-refractivity contribution in [3.8, 4) is 0 Å². The van der Waals surface area contributed by atoms with E-state index in [1.54, 1.807) is 13.0 Å². The zero-order valence-corrected chi connectivity index (χ0v) is 13.0. The molecule has 0 fully saturated rings. The molecule has 1 atom stereocenters. The number of nitrogens with one attached hydrogen (secondary N) is 2. The number of rotatable bonds is 8. The van der Waals surface area contributed by atoms with Gasteiger partial charge in [0.05, 0.1) is 10.5 Å². The Hall–Kier alpha value is -1.89. The maximum absolute atomic E-state index is 11.0. The number of aromatic nitrogens is 1. The molecule has 0 saturated carbocycles. The van der Waals surface area contributed by atoms with Crippen LogP contribution < -0.4 is 10.6 Å². The van der Waals surface area contributed by atoms with Crippen LogP contribution in [0.2, 0.25) is 0 Å². The number of aliphatic hydroxyl groups is 1. The van der Waals surface area contributed by atoms with Crippen molar-refractivity contribution in [1.82, 2.24) is 4.98 Å². The fraction of sp³-hybridized carbons (Fsp3) is 0.643. The van der Waals surface area contributed by atoms with Gasteiger partial charge in [-0.3, -0.25) is 10.1 Å². The van der Waals surface area contributed by atoms with Gasteiger partial charge in [0.1, 0.15) is 5.82 Å². The van der Waals surface area contributed by atoms with E-state index in [9.17, 15) is 15.2 Å². The lowest BCUT2D eigenvalue weighted by atomic mass is 9.94. The van der Waals surface area contributed by atoms with Crippen molar-refractivity contribution in [2.75, 3.05) is 23.7 Å². The molecule has 0 spiro atoms. The Morgan fingerprint density at radius 3 is 2.62 bits per heavy atom. The van der Waals surface area contributed by atoms with Crippen LogP contribution in [0.4, 0.5) is 17.3 Å². The highest BCUT2D eigenvalue weighted by Crippen LogP contribution is 2.25. The van der Waals surface area contributed by atoms with Crippen LogP contribution >= 0.6 is 0 Å². The quantitative estimate of drug-likeness (QED) is 0.503. The normalized spacial score (nSPS) is 13.8. The average Bonchev–Trinajstić information content (AvgIpc) is 2.35. The highest BCUT2D eigenvalue weighted by Gasteiger charge is 2.24. The highest BCUT2D eigenvalue weighted by molar-refractivity contribution is 5.60. The smallest absolute Gasteiger partial charge is 0.311 e. The third-order valence-corrected chi connectivity index (χ3v) is 2.91. The highest BCUT2D eigenvalue weighted by atomic mass is 16.6. The molecular formula is C14H24N4O3. The number of nitro groups is 1. The molecule has 118 valence electrons. The van der Waals surface area contributed by atoms with E-state index in [1.165, 1.54) is 6.07 Å². The minimum absolute atomic E-state index is 0.1000. The van der Waals surface area contributed by atoms with Gasteiger partial charge in [-0.1, -0.05) is 13.8 Å². The summed E-state index contributed by atoms with van der Waals surface area (Å²) >= 11 is 0. The van der Waals surface area contributed by atoms with Crippen molar-refractivity contribution < 1.29 is 10.0 Å². The summed E-state index contributed by atoms with van der Waals surface area (Å²) in [4.78, 5) is 14.7. The first-order valence-corrected chi connectivity index (χ1v) is 7.10. The molecule has 1 aromatic rings. The van der Waals surface area contributed by atoms with Gasteiger partial charge in [-0.2, -0.15) is 0 Å². The predicted molar refractivity (Wildman–Crippen MR) is 83.6 cm³/mol. The number of pyridine rings is 1. The minimum Gasteiger partial charge on any atom is -0.388 e. The van der Waals surface area contributed by atoms with Crippen LogP contribution in [0.1, 0.15) is 34.1 Å². The van der Waals surface area contributed by atoms with E-state index in [0.717, 1.165) is 0 Å². The van der Waals surface area contributed by atoms with Crippen molar-refractivity contribution >= 4 is 17.3 Å². The van der Waals surface area contributed by atoms with Gasteiger partial charge in [0, 0.05) is 19.2 Å². The Bertz CT molecular complexity index is 489. The predicted octanol–water partition coefficient (Wildman–Crippen LogP) is 2.63. The van der Waals surface area contributed by atoms with E-state index < -0.39 is 10.5 Å². The van der Waals surface area contributed by atoms with Gasteiger partial charge in [-0.05, 0) is 32.3 Å². The molecule has 0 aromatic carbocycles. The van der Waals surface area contributed by atoms with Gasteiger partial charge in [-0.25, -0.2) is 4.98 Å². The van der Waals surface area contributed by atoms with Gasteiger partial charge < -0.3 is 15.7 Å². The monoisotopic (exact) mass is 296 g/mol. The van der Waals surface area contributed by atoms with E-state index in [0.29, 0.717) is 24.7 Å². The second-order valence-corrected chi connectivity index (χ2v) is 5.80. The lowest BCUT2D eigenvalue weighted by Crippen LogP contribution is -2.35.